The number of piperidine rings is 1. The number of H-pyrrole nitrogens is 1. The normalized spacial score (nSPS) is 22.8. The van der Waals surface area contributed by atoms with Crippen molar-refractivity contribution in [1.29, 1.82) is 0 Å². The van der Waals surface area contributed by atoms with Crippen LogP contribution in [0.1, 0.15) is 30.9 Å². The topological polar surface area (TPSA) is 96.1 Å². The van der Waals surface area contributed by atoms with Gasteiger partial charge in [0, 0.05) is 12.0 Å². The summed E-state index contributed by atoms with van der Waals surface area (Å²) in [5.41, 5.74) is 0.561. The minimum absolute atomic E-state index is 0.0748. The van der Waals surface area contributed by atoms with Crippen LogP contribution in [0.3, 0.4) is 0 Å². The molecule has 128 valence electrons. The van der Waals surface area contributed by atoms with E-state index in [1.54, 1.807) is 0 Å². The summed E-state index contributed by atoms with van der Waals surface area (Å²) < 4.78 is 34.3. The van der Waals surface area contributed by atoms with Crippen molar-refractivity contribution in [2.45, 2.75) is 35.9 Å². The molecule has 1 atom stereocenters. The van der Waals surface area contributed by atoms with Crippen LogP contribution in [0, 0.1) is 0 Å². The lowest BCUT2D eigenvalue weighted by Crippen LogP contribution is -2.51. The van der Waals surface area contributed by atoms with Crippen LogP contribution in [-0.2, 0) is 10.0 Å². The first-order valence-corrected chi connectivity index (χ1v) is 9.56. The highest BCUT2D eigenvalue weighted by molar-refractivity contribution is 7.89. The average molecular weight is 348 g/mol. The molecule has 1 unspecified atom stereocenters. The van der Waals surface area contributed by atoms with E-state index in [0.717, 1.165) is 37.2 Å². The van der Waals surface area contributed by atoms with Gasteiger partial charge in [-0.05, 0) is 32.0 Å². The molecule has 1 fully saturated rings. The quantitative estimate of drug-likeness (QED) is 0.778. The summed E-state index contributed by atoms with van der Waals surface area (Å²) in [4.78, 5) is 6.46. The molecule has 2 aromatic rings. The maximum absolute atomic E-state index is 12.6. The van der Waals surface area contributed by atoms with Gasteiger partial charge in [-0.3, -0.25) is 0 Å². The lowest BCUT2D eigenvalue weighted by atomic mass is 9.81. The molecule has 0 saturated carbocycles. The van der Waals surface area contributed by atoms with Crippen molar-refractivity contribution < 1.29 is 13.2 Å². The zero-order valence-corrected chi connectivity index (χ0v) is 14.0. The summed E-state index contributed by atoms with van der Waals surface area (Å²) >= 11 is 0. The zero-order chi connectivity index (χ0) is 16.6. The lowest BCUT2D eigenvalue weighted by molar-refractivity contribution is 0.00599. The second-order valence-corrected chi connectivity index (χ2v) is 8.05. The molecule has 0 radical (unpaired) electrons. The van der Waals surface area contributed by atoms with Crippen molar-refractivity contribution in [2.75, 3.05) is 13.1 Å². The molecule has 1 aromatic heterocycles. The second-order valence-electron chi connectivity index (χ2n) is 6.37. The molecule has 0 aliphatic carbocycles. The number of benzene rings is 1. The van der Waals surface area contributed by atoms with Crippen molar-refractivity contribution in [3.8, 4) is 5.75 Å². The van der Waals surface area contributed by atoms with Crippen molar-refractivity contribution in [1.82, 2.24) is 20.0 Å². The Hall–Kier alpha value is -1.90. The Bertz CT molecular complexity index is 814. The molecule has 1 saturated heterocycles. The molecule has 3 N–H and O–H groups in total. The number of aromatic nitrogens is 2. The van der Waals surface area contributed by atoms with Crippen molar-refractivity contribution >= 4 is 10.0 Å². The van der Waals surface area contributed by atoms with E-state index >= 15 is 0 Å². The van der Waals surface area contributed by atoms with Crippen LogP contribution in [0.15, 0.2) is 41.8 Å². The van der Waals surface area contributed by atoms with E-state index in [2.05, 4.69) is 20.0 Å². The number of sulfonamides is 1. The van der Waals surface area contributed by atoms with Crippen LogP contribution in [0.5, 0.6) is 5.75 Å². The first-order valence-electron chi connectivity index (χ1n) is 8.07. The second kappa shape index (κ2) is 5.87. The van der Waals surface area contributed by atoms with Gasteiger partial charge in [0.1, 0.15) is 11.4 Å². The van der Waals surface area contributed by atoms with Gasteiger partial charge in [0.2, 0.25) is 0 Å². The van der Waals surface area contributed by atoms with Crippen molar-refractivity contribution in [2.24, 2.45) is 0 Å². The first-order chi connectivity index (χ1) is 11.6. The number of imidazole rings is 1. The smallest absolute Gasteiger partial charge is 0.258 e. The Morgan fingerprint density at radius 1 is 1.25 bits per heavy atom. The van der Waals surface area contributed by atoms with Gasteiger partial charge >= 0.3 is 0 Å². The van der Waals surface area contributed by atoms with E-state index in [1.165, 1.54) is 12.5 Å². The molecule has 1 aromatic carbocycles. The van der Waals surface area contributed by atoms with Crippen LogP contribution in [-0.4, -0.2) is 37.1 Å². The van der Waals surface area contributed by atoms with Gasteiger partial charge in [-0.25, -0.2) is 18.1 Å². The van der Waals surface area contributed by atoms with E-state index in [-0.39, 0.29) is 16.7 Å². The van der Waals surface area contributed by atoms with E-state index in [1.807, 2.05) is 24.3 Å². The maximum Gasteiger partial charge on any atom is 0.258 e. The predicted molar refractivity (Wildman–Crippen MR) is 88.2 cm³/mol. The Morgan fingerprint density at radius 3 is 2.79 bits per heavy atom. The molecule has 4 rings (SSSR count). The monoisotopic (exact) mass is 348 g/mol. The van der Waals surface area contributed by atoms with Crippen LogP contribution < -0.4 is 14.8 Å². The number of ether oxygens (including phenoxy) is 1. The third-order valence-corrected chi connectivity index (χ3v) is 6.17. The molecular formula is C16H20N4O3S. The molecule has 2 aliphatic rings. The minimum atomic E-state index is -3.65. The van der Waals surface area contributed by atoms with Gasteiger partial charge in [0.25, 0.3) is 10.0 Å². The summed E-state index contributed by atoms with van der Waals surface area (Å²) in [6.45, 7) is 1.75. The molecule has 3 heterocycles. The van der Waals surface area contributed by atoms with Gasteiger partial charge < -0.3 is 15.0 Å². The fourth-order valence-electron chi connectivity index (χ4n) is 3.55. The molecule has 2 aliphatic heterocycles. The third-order valence-electron chi connectivity index (χ3n) is 4.77. The van der Waals surface area contributed by atoms with E-state index in [4.69, 9.17) is 4.74 Å². The zero-order valence-electron chi connectivity index (χ0n) is 13.2. The number of hydrogen-bond donors (Lipinski definition) is 3. The summed E-state index contributed by atoms with van der Waals surface area (Å²) in [5.74, 6) is 0.767. The molecule has 8 heteroatoms. The number of nitrogens with one attached hydrogen (secondary N) is 3. The molecule has 0 bridgehead atoms. The highest BCUT2D eigenvalue weighted by Crippen LogP contribution is 2.43. The minimum Gasteiger partial charge on any atom is -0.487 e. The summed E-state index contributed by atoms with van der Waals surface area (Å²) in [7, 11) is -3.65. The Labute approximate surface area is 140 Å². The number of rotatable bonds is 3. The number of hydrogen-bond acceptors (Lipinski definition) is 5. The van der Waals surface area contributed by atoms with Gasteiger partial charge in [-0.2, -0.15) is 0 Å². The Morgan fingerprint density at radius 2 is 2.04 bits per heavy atom. The van der Waals surface area contributed by atoms with E-state index in [0.29, 0.717) is 6.42 Å². The predicted octanol–water partition coefficient (Wildman–Crippen LogP) is 1.33. The van der Waals surface area contributed by atoms with E-state index < -0.39 is 10.0 Å². The van der Waals surface area contributed by atoms with Gasteiger partial charge in [-0.1, -0.05) is 18.2 Å². The number of para-hydroxylation sites is 1. The Kier molecular flexibility index (Phi) is 3.82. The maximum atomic E-state index is 12.6. The number of aromatic amines is 1. The summed E-state index contributed by atoms with van der Waals surface area (Å²) in [6.07, 6.45) is 5.03. The summed E-state index contributed by atoms with van der Waals surface area (Å²) in [5, 5.41) is 3.41. The highest BCUT2D eigenvalue weighted by Gasteiger charge is 2.43. The third kappa shape index (κ3) is 2.81. The fraction of sp³-hybridized carbons (Fsp3) is 0.438. The van der Waals surface area contributed by atoms with Crippen molar-refractivity contribution in [3.05, 3.63) is 42.4 Å². The van der Waals surface area contributed by atoms with E-state index in [9.17, 15) is 8.42 Å². The standard InChI is InChI=1S/C16H20N4O3S/c21-24(22,15-10-18-11-19-15)20-13-9-16(5-7-17-8-6-16)23-14-4-2-1-3-12(13)14/h1-4,10-11,13,17,20H,5-9H2,(H,18,19). The number of fused-ring (bicyclic) bond motifs is 1. The molecular weight excluding hydrogens is 328 g/mol. The molecule has 24 heavy (non-hydrogen) atoms. The van der Waals surface area contributed by atoms with Gasteiger partial charge in [0.15, 0.2) is 5.03 Å². The largest absolute Gasteiger partial charge is 0.487 e. The number of nitrogens with zero attached hydrogens (tertiary/aromatic N) is 1. The average Bonchev–Trinajstić information content (AvgIpc) is 3.11. The van der Waals surface area contributed by atoms with Gasteiger partial charge in [0.05, 0.1) is 18.6 Å². The molecule has 7 nitrogen and oxygen atoms in total. The van der Waals surface area contributed by atoms with Crippen LogP contribution in [0.4, 0.5) is 0 Å². The van der Waals surface area contributed by atoms with Crippen molar-refractivity contribution in [3.63, 3.8) is 0 Å². The fourth-order valence-corrected chi connectivity index (χ4v) is 4.67. The van der Waals surface area contributed by atoms with Crippen LogP contribution in [0.2, 0.25) is 0 Å². The lowest BCUT2D eigenvalue weighted by Gasteiger charge is -2.44. The first kappa shape index (κ1) is 15.6. The van der Waals surface area contributed by atoms with Crippen LogP contribution in [0.25, 0.3) is 0 Å². The highest BCUT2D eigenvalue weighted by atomic mass is 32.2. The molecule has 0 amide bonds. The van der Waals surface area contributed by atoms with Crippen LogP contribution >= 0.6 is 0 Å². The Balaban J connectivity index is 1.68. The molecule has 1 spiro atoms. The summed E-state index contributed by atoms with van der Waals surface area (Å²) in [6, 6.07) is 7.33. The SMILES string of the molecule is O=S(=O)(NC1CC2(CCNCC2)Oc2ccccc21)c1cnc[nH]1. The van der Waals surface area contributed by atoms with Gasteiger partial charge in [-0.15, -0.1) is 0 Å².